The highest BCUT2D eigenvalue weighted by Crippen LogP contribution is 2.43. The average Bonchev–Trinajstić information content (AvgIpc) is 3.24. The molecule has 2 N–H and O–H groups in total. The molecule has 3 unspecified atom stereocenters. The standard InChI is InChI=1S/C22H23F2N5.HI/c1-14(15-6-3-7-16(12-15)29-11-5-10-26-29)27-22(25-2)28-20-13-17(20)21-18(23)8-4-9-19(21)24;/h3-12,14,17,20H,13H2,1-2H3,(H2,25,27,28);1H. The maximum atomic E-state index is 14.0. The summed E-state index contributed by atoms with van der Waals surface area (Å²) in [5.74, 6) is -0.573. The Labute approximate surface area is 191 Å². The lowest BCUT2D eigenvalue weighted by Gasteiger charge is -2.19. The second kappa shape index (κ2) is 9.55. The van der Waals surface area contributed by atoms with Gasteiger partial charge in [0.15, 0.2) is 5.96 Å². The lowest BCUT2D eigenvalue weighted by Crippen LogP contribution is -2.40. The maximum Gasteiger partial charge on any atom is 0.191 e. The van der Waals surface area contributed by atoms with Crippen molar-refractivity contribution in [2.45, 2.75) is 31.3 Å². The molecule has 0 radical (unpaired) electrons. The van der Waals surface area contributed by atoms with Crippen molar-refractivity contribution in [1.82, 2.24) is 20.4 Å². The first-order valence-corrected chi connectivity index (χ1v) is 9.60. The van der Waals surface area contributed by atoms with Crippen molar-refractivity contribution in [1.29, 1.82) is 0 Å². The topological polar surface area (TPSA) is 54.2 Å². The van der Waals surface area contributed by atoms with Crippen molar-refractivity contribution in [3.8, 4) is 5.69 Å². The molecule has 1 heterocycles. The monoisotopic (exact) mass is 523 g/mol. The molecule has 0 spiro atoms. The van der Waals surface area contributed by atoms with E-state index in [0.717, 1.165) is 11.3 Å². The molecule has 0 saturated heterocycles. The molecule has 8 heteroatoms. The van der Waals surface area contributed by atoms with Gasteiger partial charge in [0.1, 0.15) is 11.6 Å². The number of nitrogens with one attached hydrogen (secondary N) is 2. The van der Waals surface area contributed by atoms with Crippen LogP contribution in [0.5, 0.6) is 0 Å². The van der Waals surface area contributed by atoms with E-state index in [-0.39, 0.29) is 47.5 Å². The molecule has 158 valence electrons. The van der Waals surface area contributed by atoms with E-state index >= 15 is 0 Å². The molecule has 1 aliphatic carbocycles. The summed E-state index contributed by atoms with van der Waals surface area (Å²) in [5.41, 5.74) is 2.20. The van der Waals surface area contributed by atoms with Gasteiger partial charge in [0.2, 0.25) is 0 Å². The van der Waals surface area contributed by atoms with Crippen molar-refractivity contribution in [2.75, 3.05) is 7.05 Å². The Bertz CT molecular complexity index is 1000. The molecule has 0 aliphatic heterocycles. The minimum Gasteiger partial charge on any atom is -0.353 e. The van der Waals surface area contributed by atoms with Crippen molar-refractivity contribution in [2.24, 2.45) is 4.99 Å². The third-order valence-electron chi connectivity index (χ3n) is 5.20. The molecule has 2 aromatic carbocycles. The molecule has 0 amide bonds. The van der Waals surface area contributed by atoms with E-state index < -0.39 is 11.6 Å². The molecule has 1 aliphatic rings. The van der Waals surface area contributed by atoms with Crippen LogP contribution in [0.2, 0.25) is 0 Å². The Balaban J connectivity index is 0.00000256. The molecular formula is C22H24F2IN5. The van der Waals surface area contributed by atoms with E-state index in [0.29, 0.717) is 12.4 Å². The fraction of sp³-hybridized carbons (Fsp3) is 0.273. The smallest absolute Gasteiger partial charge is 0.191 e. The number of nitrogens with zero attached hydrogens (tertiary/aromatic N) is 3. The molecule has 3 aromatic rings. The van der Waals surface area contributed by atoms with Crippen LogP contribution in [0.4, 0.5) is 8.78 Å². The van der Waals surface area contributed by atoms with Crippen LogP contribution < -0.4 is 10.6 Å². The number of halogens is 3. The minimum atomic E-state index is -0.494. The summed E-state index contributed by atoms with van der Waals surface area (Å²) < 4.78 is 29.8. The van der Waals surface area contributed by atoms with Gasteiger partial charge in [-0.25, -0.2) is 13.5 Å². The van der Waals surface area contributed by atoms with Gasteiger partial charge in [0.05, 0.1) is 11.7 Å². The molecule has 1 fully saturated rings. The molecular weight excluding hydrogens is 499 g/mol. The van der Waals surface area contributed by atoms with Crippen LogP contribution in [-0.2, 0) is 0 Å². The highest BCUT2D eigenvalue weighted by atomic mass is 127. The van der Waals surface area contributed by atoms with Crippen LogP contribution in [-0.4, -0.2) is 28.8 Å². The Hall–Kier alpha value is -2.49. The Morgan fingerprint density at radius 1 is 1.17 bits per heavy atom. The first kappa shape index (κ1) is 22.2. The lowest BCUT2D eigenvalue weighted by molar-refractivity contribution is 0.553. The molecule has 30 heavy (non-hydrogen) atoms. The van der Waals surface area contributed by atoms with Crippen LogP contribution >= 0.6 is 24.0 Å². The largest absolute Gasteiger partial charge is 0.353 e. The van der Waals surface area contributed by atoms with Gasteiger partial charge in [-0.15, -0.1) is 24.0 Å². The highest BCUT2D eigenvalue weighted by molar-refractivity contribution is 14.0. The van der Waals surface area contributed by atoms with Gasteiger partial charge < -0.3 is 10.6 Å². The summed E-state index contributed by atoms with van der Waals surface area (Å²) >= 11 is 0. The summed E-state index contributed by atoms with van der Waals surface area (Å²) in [6.45, 7) is 2.04. The second-order valence-electron chi connectivity index (χ2n) is 7.21. The number of guanidine groups is 1. The van der Waals surface area contributed by atoms with Crippen LogP contribution in [0.3, 0.4) is 0 Å². The Morgan fingerprint density at radius 3 is 2.57 bits per heavy atom. The molecule has 5 nitrogen and oxygen atoms in total. The van der Waals surface area contributed by atoms with Crippen LogP contribution in [0.1, 0.15) is 36.4 Å². The predicted molar refractivity (Wildman–Crippen MR) is 125 cm³/mol. The molecule has 4 rings (SSSR count). The van der Waals surface area contributed by atoms with Gasteiger partial charge in [-0.1, -0.05) is 18.2 Å². The molecule has 0 bridgehead atoms. The van der Waals surface area contributed by atoms with E-state index in [1.807, 2.05) is 37.4 Å². The van der Waals surface area contributed by atoms with E-state index in [4.69, 9.17) is 0 Å². The molecule has 1 saturated carbocycles. The SMILES string of the molecule is CN=C(NC(C)c1cccc(-n2cccn2)c1)NC1CC1c1c(F)cccc1F.I. The van der Waals surface area contributed by atoms with Gasteiger partial charge in [0.25, 0.3) is 0 Å². The van der Waals surface area contributed by atoms with E-state index in [9.17, 15) is 8.78 Å². The van der Waals surface area contributed by atoms with E-state index in [1.54, 1.807) is 17.9 Å². The van der Waals surface area contributed by atoms with Gasteiger partial charge in [-0.2, -0.15) is 5.10 Å². The maximum absolute atomic E-state index is 14.0. The first-order valence-electron chi connectivity index (χ1n) is 9.60. The summed E-state index contributed by atoms with van der Waals surface area (Å²) in [6.07, 6.45) is 4.30. The number of hydrogen-bond donors (Lipinski definition) is 2. The molecule has 3 atom stereocenters. The summed E-state index contributed by atoms with van der Waals surface area (Å²) in [6, 6.07) is 13.9. The zero-order valence-corrected chi connectivity index (χ0v) is 19.0. The third-order valence-corrected chi connectivity index (χ3v) is 5.20. The summed E-state index contributed by atoms with van der Waals surface area (Å²) in [7, 11) is 1.68. The Kier molecular flexibility index (Phi) is 7.06. The van der Waals surface area contributed by atoms with Gasteiger partial charge >= 0.3 is 0 Å². The summed E-state index contributed by atoms with van der Waals surface area (Å²) in [5, 5.41) is 10.9. The van der Waals surface area contributed by atoms with Crippen molar-refractivity contribution in [3.05, 3.63) is 83.7 Å². The average molecular weight is 523 g/mol. The number of rotatable bonds is 5. The van der Waals surface area contributed by atoms with Crippen LogP contribution in [0.25, 0.3) is 5.69 Å². The first-order chi connectivity index (χ1) is 14.1. The minimum absolute atomic E-state index is 0. The lowest BCUT2D eigenvalue weighted by atomic mass is 10.1. The number of aliphatic imine (C=N–C) groups is 1. The third kappa shape index (κ3) is 4.80. The van der Waals surface area contributed by atoms with Crippen molar-refractivity contribution < 1.29 is 8.78 Å². The fourth-order valence-electron chi connectivity index (χ4n) is 3.53. The fourth-order valence-corrected chi connectivity index (χ4v) is 3.53. The van der Waals surface area contributed by atoms with Gasteiger partial charge in [-0.3, -0.25) is 4.99 Å². The van der Waals surface area contributed by atoms with Crippen molar-refractivity contribution >= 4 is 29.9 Å². The summed E-state index contributed by atoms with van der Waals surface area (Å²) in [4.78, 5) is 4.27. The number of aromatic nitrogens is 2. The number of benzene rings is 2. The van der Waals surface area contributed by atoms with Crippen LogP contribution in [0, 0.1) is 11.6 Å². The molecule has 1 aromatic heterocycles. The normalized spacial score (nSPS) is 19.0. The van der Waals surface area contributed by atoms with E-state index in [1.165, 1.54) is 18.2 Å². The second-order valence-corrected chi connectivity index (χ2v) is 7.21. The zero-order valence-electron chi connectivity index (χ0n) is 16.7. The Morgan fingerprint density at radius 2 is 1.90 bits per heavy atom. The van der Waals surface area contributed by atoms with Gasteiger partial charge in [-0.05, 0) is 49.2 Å². The van der Waals surface area contributed by atoms with Gasteiger partial charge in [0, 0.05) is 37.0 Å². The zero-order chi connectivity index (χ0) is 20.4. The van der Waals surface area contributed by atoms with Crippen molar-refractivity contribution in [3.63, 3.8) is 0 Å². The number of hydrogen-bond acceptors (Lipinski definition) is 2. The van der Waals surface area contributed by atoms with E-state index in [2.05, 4.69) is 26.8 Å². The highest BCUT2D eigenvalue weighted by Gasteiger charge is 2.42. The van der Waals surface area contributed by atoms with Crippen LogP contribution in [0.15, 0.2) is 65.9 Å². The quantitative estimate of drug-likeness (QED) is 0.293. The predicted octanol–water partition coefficient (Wildman–Crippen LogP) is 4.55.